The molecule has 0 aliphatic heterocycles. The summed E-state index contributed by atoms with van der Waals surface area (Å²) in [4.78, 5) is 0. The highest BCUT2D eigenvalue weighted by atomic mass is 19.3. The van der Waals surface area contributed by atoms with Crippen molar-refractivity contribution in [3.8, 4) is 5.75 Å². The Labute approximate surface area is 93.4 Å². The Morgan fingerprint density at radius 1 is 1.12 bits per heavy atom. The minimum atomic E-state index is -2.50. The fourth-order valence-electron chi connectivity index (χ4n) is 1.87. The van der Waals surface area contributed by atoms with Crippen LogP contribution in [0.2, 0.25) is 0 Å². The quantitative estimate of drug-likeness (QED) is 0.787. The maximum atomic E-state index is 12.9. The van der Waals surface area contributed by atoms with Gasteiger partial charge in [-0.3, -0.25) is 0 Å². The van der Waals surface area contributed by atoms with Crippen LogP contribution in [0, 0.1) is 0 Å². The van der Waals surface area contributed by atoms with E-state index < -0.39 is 5.92 Å². The molecule has 4 heteroatoms. The van der Waals surface area contributed by atoms with Crippen molar-refractivity contribution in [3.63, 3.8) is 0 Å². The first-order valence-corrected chi connectivity index (χ1v) is 5.45. The van der Waals surface area contributed by atoms with Gasteiger partial charge in [-0.15, -0.1) is 0 Å². The lowest BCUT2D eigenvalue weighted by Crippen LogP contribution is -2.30. The van der Waals surface area contributed by atoms with Gasteiger partial charge in [-0.1, -0.05) is 0 Å². The predicted octanol–water partition coefficient (Wildman–Crippen LogP) is 3.23. The second-order valence-electron chi connectivity index (χ2n) is 4.24. The number of nitrogens with two attached hydrogens (primary N) is 1. The van der Waals surface area contributed by atoms with E-state index in [1.54, 1.807) is 24.3 Å². The molecule has 88 valence electrons. The Morgan fingerprint density at radius 2 is 1.69 bits per heavy atom. The van der Waals surface area contributed by atoms with Crippen molar-refractivity contribution >= 4 is 5.69 Å². The highest BCUT2D eigenvalue weighted by molar-refractivity contribution is 5.41. The summed E-state index contributed by atoms with van der Waals surface area (Å²) in [5.41, 5.74) is 6.21. The number of halogens is 2. The first-order chi connectivity index (χ1) is 7.55. The van der Waals surface area contributed by atoms with Crippen LogP contribution in [0.25, 0.3) is 0 Å². The number of rotatable bonds is 2. The van der Waals surface area contributed by atoms with E-state index in [4.69, 9.17) is 10.5 Å². The van der Waals surface area contributed by atoms with E-state index >= 15 is 0 Å². The number of alkyl halides is 2. The van der Waals surface area contributed by atoms with E-state index in [0.29, 0.717) is 24.3 Å². The Balaban J connectivity index is 1.89. The summed E-state index contributed by atoms with van der Waals surface area (Å²) in [7, 11) is 0. The molecule has 2 N–H and O–H groups in total. The first kappa shape index (κ1) is 11.2. The summed E-state index contributed by atoms with van der Waals surface area (Å²) < 4.78 is 31.4. The molecule has 0 bridgehead atoms. The van der Waals surface area contributed by atoms with Crippen molar-refractivity contribution in [3.05, 3.63) is 24.3 Å². The molecule has 1 aromatic rings. The van der Waals surface area contributed by atoms with Crippen LogP contribution in [0.15, 0.2) is 24.3 Å². The molecule has 1 aliphatic rings. The topological polar surface area (TPSA) is 35.2 Å². The lowest BCUT2D eigenvalue weighted by Gasteiger charge is -2.28. The molecule has 1 saturated carbocycles. The van der Waals surface area contributed by atoms with Gasteiger partial charge in [0.1, 0.15) is 5.75 Å². The highest BCUT2D eigenvalue weighted by Gasteiger charge is 2.35. The fraction of sp³-hybridized carbons (Fsp3) is 0.500. The van der Waals surface area contributed by atoms with Gasteiger partial charge in [-0.25, -0.2) is 8.78 Å². The normalized spacial score (nSPS) is 20.6. The predicted molar refractivity (Wildman–Crippen MR) is 58.7 cm³/mol. The summed E-state index contributed by atoms with van der Waals surface area (Å²) in [6.07, 6.45) is 0.580. The monoisotopic (exact) mass is 227 g/mol. The van der Waals surface area contributed by atoms with Gasteiger partial charge in [0.05, 0.1) is 6.10 Å². The molecule has 2 rings (SSSR count). The standard InChI is InChI=1S/C12H15F2NO/c13-12(14)7-5-11(6-8-12)16-10-3-1-9(15)2-4-10/h1-4,11H,5-8,15H2. The molecule has 1 aliphatic carbocycles. The molecule has 0 spiro atoms. The Kier molecular flexibility index (Phi) is 2.99. The Morgan fingerprint density at radius 3 is 2.25 bits per heavy atom. The Hall–Kier alpha value is -1.32. The number of ether oxygens (including phenoxy) is 1. The van der Waals surface area contributed by atoms with Gasteiger partial charge in [0.25, 0.3) is 0 Å². The minimum Gasteiger partial charge on any atom is -0.490 e. The van der Waals surface area contributed by atoms with Gasteiger partial charge < -0.3 is 10.5 Å². The third kappa shape index (κ3) is 2.84. The van der Waals surface area contributed by atoms with Crippen LogP contribution >= 0.6 is 0 Å². The zero-order chi connectivity index (χ0) is 11.6. The molecular formula is C12H15F2NO. The van der Waals surface area contributed by atoms with Crippen molar-refractivity contribution in [1.29, 1.82) is 0 Å². The third-order valence-electron chi connectivity index (χ3n) is 2.85. The summed E-state index contributed by atoms with van der Waals surface area (Å²) in [5, 5.41) is 0. The molecule has 0 atom stereocenters. The molecule has 1 fully saturated rings. The number of benzene rings is 1. The third-order valence-corrected chi connectivity index (χ3v) is 2.85. The van der Waals surface area contributed by atoms with Gasteiger partial charge in [-0.05, 0) is 37.1 Å². The SMILES string of the molecule is Nc1ccc(OC2CCC(F)(F)CC2)cc1. The van der Waals surface area contributed by atoms with Gasteiger partial charge in [0.2, 0.25) is 5.92 Å². The van der Waals surface area contributed by atoms with E-state index in [2.05, 4.69) is 0 Å². The second-order valence-corrected chi connectivity index (χ2v) is 4.24. The number of hydrogen-bond acceptors (Lipinski definition) is 2. The van der Waals surface area contributed by atoms with E-state index in [1.165, 1.54) is 0 Å². The zero-order valence-electron chi connectivity index (χ0n) is 8.96. The molecule has 2 nitrogen and oxygen atoms in total. The largest absolute Gasteiger partial charge is 0.490 e. The second kappa shape index (κ2) is 4.28. The van der Waals surface area contributed by atoms with Crippen LogP contribution in [0.5, 0.6) is 5.75 Å². The molecule has 0 saturated heterocycles. The molecule has 16 heavy (non-hydrogen) atoms. The number of hydrogen-bond donors (Lipinski definition) is 1. The Bertz CT molecular complexity index is 341. The highest BCUT2D eigenvalue weighted by Crippen LogP contribution is 2.34. The van der Waals surface area contributed by atoms with Crippen molar-refractivity contribution in [2.75, 3.05) is 5.73 Å². The van der Waals surface area contributed by atoms with Crippen molar-refractivity contribution in [1.82, 2.24) is 0 Å². The molecule has 0 unspecified atom stereocenters. The zero-order valence-corrected chi connectivity index (χ0v) is 8.96. The van der Waals surface area contributed by atoms with Gasteiger partial charge in [-0.2, -0.15) is 0 Å². The first-order valence-electron chi connectivity index (χ1n) is 5.45. The maximum Gasteiger partial charge on any atom is 0.248 e. The molecule has 0 radical (unpaired) electrons. The summed E-state index contributed by atoms with van der Waals surface area (Å²) in [6, 6.07) is 7.02. The average molecular weight is 227 g/mol. The van der Waals surface area contributed by atoms with E-state index in [1.807, 2.05) is 0 Å². The van der Waals surface area contributed by atoms with Crippen LogP contribution in [0.1, 0.15) is 25.7 Å². The van der Waals surface area contributed by atoms with Crippen LogP contribution in [0.3, 0.4) is 0 Å². The van der Waals surface area contributed by atoms with Crippen molar-refractivity contribution in [2.24, 2.45) is 0 Å². The average Bonchev–Trinajstić information content (AvgIpc) is 2.24. The van der Waals surface area contributed by atoms with Crippen molar-refractivity contribution in [2.45, 2.75) is 37.7 Å². The number of anilines is 1. The lowest BCUT2D eigenvalue weighted by molar-refractivity contribution is -0.0582. The molecule has 0 aromatic heterocycles. The van der Waals surface area contributed by atoms with Gasteiger partial charge in [0.15, 0.2) is 0 Å². The van der Waals surface area contributed by atoms with Crippen LogP contribution in [0.4, 0.5) is 14.5 Å². The van der Waals surface area contributed by atoms with E-state index in [-0.39, 0.29) is 18.9 Å². The van der Waals surface area contributed by atoms with Crippen LogP contribution in [-0.4, -0.2) is 12.0 Å². The van der Waals surface area contributed by atoms with Gasteiger partial charge >= 0.3 is 0 Å². The smallest absolute Gasteiger partial charge is 0.248 e. The molecular weight excluding hydrogens is 212 g/mol. The minimum absolute atomic E-state index is 0.0767. The summed E-state index contributed by atoms with van der Waals surface area (Å²) >= 11 is 0. The maximum absolute atomic E-state index is 12.9. The number of nitrogen functional groups attached to an aromatic ring is 1. The lowest BCUT2D eigenvalue weighted by atomic mass is 9.94. The molecule has 0 amide bonds. The van der Waals surface area contributed by atoms with E-state index in [9.17, 15) is 8.78 Å². The fourth-order valence-corrected chi connectivity index (χ4v) is 1.87. The summed E-state index contributed by atoms with van der Waals surface area (Å²) in [6.45, 7) is 0. The molecule has 0 heterocycles. The van der Waals surface area contributed by atoms with Crippen LogP contribution < -0.4 is 10.5 Å². The van der Waals surface area contributed by atoms with Crippen molar-refractivity contribution < 1.29 is 13.5 Å². The molecule has 1 aromatic carbocycles. The van der Waals surface area contributed by atoms with E-state index in [0.717, 1.165) is 0 Å². The summed E-state index contributed by atoms with van der Waals surface area (Å²) in [5.74, 6) is -1.80. The van der Waals surface area contributed by atoms with Gasteiger partial charge in [0, 0.05) is 18.5 Å². The van der Waals surface area contributed by atoms with Crippen LogP contribution in [-0.2, 0) is 0 Å².